The summed E-state index contributed by atoms with van der Waals surface area (Å²) in [7, 11) is 0. The zero-order valence-corrected chi connectivity index (χ0v) is 18.4. The molecule has 178 valence electrons. The second-order valence-corrected chi connectivity index (χ2v) is 9.11. The van der Waals surface area contributed by atoms with Crippen molar-refractivity contribution in [2.75, 3.05) is 13.1 Å². The molecule has 5 rings (SSSR count). The maximum atomic E-state index is 13.3. The summed E-state index contributed by atoms with van der Waals surface area (Å²) in [6, 6.07) is 13.5. The van der Waals surface area contributed by atoms with Gasteiger partial charge in [-0.15, -0.1) is 0 Å². The number of nitrogens with zero attached hydrogens (tertiary/aromatic N) is 2. The number of rotatable bonds is 5. The molecule has 2 unspecified atom stereocenters. The predicted octanol–water partition coefficient (Wildman–Crippen LogP) is 4.44. The molecule has 2 aliphatic rings. The van der Waals surface area contributed by atoms with Crippen LogP contribution in [0.5, 0.6) is 0 Å². The number of amides is 2. The van der Waals surface area contributed by atoms with Gasteiger partial charge in [0.25, 0.3) is 0 Å². The van der Waals surface area contributed by atoms with Gasteiger partial charge < -0.3 is 15.2 Å². The van der Waals surface area contributed by atoms with Crippen LogP contribution in [0.2, 0.25) is 0 Å². The number of likely N-dealkylation sites (tertiary alicyclic amines) is 1. The molecule has 2 aromatic carbocycles. The first-order valence-corrected chi connectivity index (χ1v) is 11.5. The first-order valence-electron chi connectivity index (χ1n) is 11.5. The molecule has 0 spiro atoms. The highest BCUT2D eigenvalue weighted by molar-refractivity contribution is 5.84. The minimum atomic E-state index is -4.57. The average molecular weight is 470 g/mol. The number of carbonyl (C=O) groups excluding carboxylic acids is 2. The van der Waals surface area contributed by atoms with E-state index >= 15 is 0 Å². The molecular weight excluding hydrogens is 445 g/mol. The lowest BCUT2D eigenvalue weighted by molar-refractivity contribution is -0.144. The molecule has 2 fully saturated rings. The third kappa shape index (κ3) is 4.64. The van der Waals surface area contributed by atoms with E-state index in [0.717, 1.165) is 24.8 Å². The van der Waals surface area contributed by atoms with Crippen LogP contribution in [0.4, 0.5) is 13.2 Å². The Kier molecular flexibility index (Phi) is 5.79. The van der Waals surface area contributed by atoms with Gasteiger partial charge in [0.2, 0.25) is 17.6 Å². The van der Waals surface area contributed by atoms with E-state index in [1.807, 2.05) is 30.3 Å². The van der Waals surface area contributed by atoms with Crippen molar-refractivity contribution in [3.05, 3.63) is 65.5 Å². The summed E-state index contributed by atoms with van der Waals surface area (Å²) in [5.74, 6) is -1.29. The highest BCUT2D eigenvalue weighted by Gasteiger charge is 2.37. The number of alkyl halides is 3. The third-order valence-corrected chi connectivity index (χ3v) is 6.56. The number of piperidine rings is 1. The Morgan fingerprint density at radius 3 is 2.50 bits per heavy atom. The summed E-state index contributed by atoms with van der Waals surface area (Å²) in [5.41, 5.74) is 1.91. The first-order chi connectivity index (χ1) is 16.3. The van der Waals surface area contributed by atoms with Crippen molar-refractivity contribution in [3.8, 4) is 0 Å². The number of aromatic amines is 1. The number of hydrogen-bond donors (Lipinski definition) is 2. The van der Waals surface area contributed by atoms with Gasteiger partial charge in [0, 0.05) is 19.0 Å². The van der Waals surface area contributed by atoms with Crippen LogP contribution in [0.15, 0.2) is 48.5 Å². The fourth-order valence-corrected chi connectivity index (χ4v) is 4.59. The van der Waals surface area contributed by atoms with Gasteiger partial charge in [-0.05, 0) is 48.9 Å². The maximum absolute atomic E-state index is 13.3. The number of H-pyrrole nitrogens is 1. The van der Waals surface area contributed by atoms with Crippen LogP contribution in [0.25, 0.3) is 11.0 Å². The summed E-state index contributed by atoms with van der Waals surface area (Å²) >= 11 is 0. The van der Waals surface area contributed by atoms with E-state index in [9.17, 15) is 22.8 Å². The van der Waals surface area contributed by atoms with Gasteiger partial charge in [0.1, 0.15) is 0 Å². The molecule has 34 heavy (non-hydrogen) atoms. The number of halogens is 3. The van der Waals surface area contributed by atoms with Gasteiger partial charge in [-0.2, -0.15) is 13.2 Å². The molecule has 2 amide bonds. The Morgan fingerprint density at radius 2 is 1.79 bits per heavy atom. The van der Waals surface area contributed by atoms with E-state index in [-0.39, 0.29) is 34.7 Å². The molecule has 3 aromatic rings. The Morgan fingerprint density at radius 1 is 1.03 bits per heavy atom. The van der Waals surface area contributed by atoms with Crippen LogP contribution in [0.3, 0.4) is 0 Å². The van der Waals surface area contributed by atoms with Crippen molar-refractivity contribution >= 4 is 22.8 Å². The molecule has 1 saturated carbocycles. The van der Waals surface area contributed by atoms with E-state index < -0.39 is 18.0 Å². The standard InChI is InChI=1S/C25H25F3N4O2/c26-25(27,28)24-29-19-11-10-17(13-20(19)30-24)21(15-5-2-1-3-6-15)31-22(33)18-7-4-12-32(14-18)23(34)16-8-9-16/h1-3,5-6,10-11,13,16,18,21H,4,7-9,12,14H2,(H,29,30)(H,31,33). The highest BCUT2D eigenvalue weighted by atomic mass is 19.4. The normalized spacial score (nSPS) is 19.7. The second-order valence-electron chi connectivity index (χ2n) is 9.11. The van der Waals surface area contributed by atoms with Crippen molar-refractivity contribution in [3.63, 3.8) is 0 Å². The Labute approximate surface area is 194 Å². The smallest absolute Gasteiger partial charge is 0.345 e. The van der Waals surface area contributed by atoms with Crippen molar-refractivity contribution in [1.82, 2.24) is 20.2 Å². The molecule has 2 N–H and O–H groups in total. The Balaban J connectivity index is 1.40. The largest absolute Gasteiger partial charge is 0.449 e. The molecule has 1 saturated heterocycles. The topological polar surface area (TPSA) is 78.1 Å². The molecule has 9 heteroatoms. The zero-order chi connectivity index (χ0) is 23.9. The van der Waals surface area contributed by atoms with E-state index in [2.05, 4.69) is 15.3 Å². The maximum Gasteiger partial charge on any atom is 0.449 e. The summed E-state index contributed by atoms with van der Waals surface area (Å²) in [6.45, 7) is 1.08. The van der Waals surface area contributed by atoms with Crippen LogP contribution in [-0.2, 0) is 15.8 Å². The Bertz CT molecular complexity index is 1200. The summed E-state index contributed by atoms with van der Waals surface area (Å²) in [5, 5.41) is 3.09. The SMILES string of the molecule is O=C(NC(c1ccccc1)c1ccc2nc(C(F)(F)F)[nH]c2c1)C1CCCN(C(=O)C2CC2)C1. The third-order valence-electron chi connectivity index (χ3n) is 6.56. The average Bonchev–Trinajstić information content (AvgIpc) is 3.59. The zero-order valence-electron chi connectivity index (χ0n) is 18.4. The lowest BCUT2D eigenvalue weighted by Gasteiger charge is -2.33. The number of aromatic nitrogens is 2. The molecule has 2 heterocycles. The molecule has 1 aliphatic heterocycles. The van der Waals surface area contributed by atoms with Crippen molar-refractivity contribution in [2.45, 2.75) is 37.9 Å². The molecule has 0 radical (unpaired) electrons. The van der Waals surface area contributed by atoms with Gasteiger partial charge in [-0.25, -0.2) is 4.98 Å². The molecule has 6 nitrogen and oxygen atoms in total. The number of hydrogen-bond acceptors (Lipinski definition) is 3. The minimum absolute atomic E-state index is 0.113. The van der Waals surface area contributed by atoms with E-state index in [1.54, 1.807) is 17.0 Å². The van der Waals surface area contributed by atoms with E-state index in [1.165, 1.54) is 6.07 Å². The van der Waals surface area contributed by atoms with E-state index in [4.69, 9.17) is 0 Å². The van der Waals surface area contributed by atoms with Crippen LogP contribution < -0.4 is 5.32 Å². The minimum Gasteiger partial charge on any atom is -0.345 e. The van der Waals surface area contributed by atoms with Gasteiger partial charge >= 0.3 is 6.18 Å². The van der Waals surface area contributed by atoms with Gasteiger partial charge in [0.15, 0.2) is 0 Å². The lowest BCUT2D eigenvalue weighted by Crippen LogP contribution is -2.46. The van der Waals surface area contributed by atoms with Gasteiger partial charge in [0.05, 0.1) is 23.0 Å². The Hall–Kier alpha value is -3.36. The van der Waals surface area contributed by atoms with E-state index in [0.29, 0.717) is 25.1 Å². The molecular formula is C25H25F3N4O2. The van der Waals surface area contributed by atoms with Crippen LogP contribution in [-0.4, -0.2) is 39.8 Å². The van der Waals surface area contributed by atoms with Crippen molar-refractivity contribution < 1.29 is 22.8 Å². The number of benzene rings is 2. The van der Waals surface area contributed by atoms with Crippen LogP contribution >= 0.6 is 0 Å². The second kappa shape index (κ2) is 8.77. The van der Waals surface area contributed by atoms with Crippen LogP contribution in [0, 0.1) is 11.8 Å². The summed E-state index contributed by atoms with van der Waals surface area (Å²) < 4.78 is 39.3. The van der Waals surface area contributed by atoms with Gasteiger partial charge in [-0.3, -0.25) is 9.59 Å². The molecule has 2 atom stereocenters. The number of fused-ring (bicyclic) bond motifs is 1. The quantitative estimate of drug-likeness (QED) is 0.579. The molecule has 0 bridgehead atoms. The fourth-order valence-electron chi connectivity index (χ4n) is 4.59. The van der Waals surface area contributed by atoms with Crippen molar-refractivity contribution in [2.24, 2.45) is 11.8 Å². The monoisotopic (exact) mass is 470 g/mol. The summed E-state index contributed by atoms with van der Waals surface area (Å²) in [6.07, 6.45) is -1.26. The number of nitrogens with one attached hydrogen (secondary N) is 2. The highest BCUT2D eigenvalue weighted by Crippen LogP contribution is 2.33. The molecule has 1 aromatic heterocycles. The summed E-state index contributed by atoms with van der Waals surface area (Å²) in [4.78, 5) is 33.6. The number of carbonyl (C=O) groups is 2. The predicted molar refractivity (Wildman–Crippen MR) is 120 cm³/mol. The molecule has 1 aliphatic carbocycles. The number of imidazole rings is 1. The van der Waals surface area contributed by atoms with Crippen LogP contribution in [0.1, 0.15) is 48.7 Å². The van der Waals surface area contributed by atoms with Gasteiger partial charge in [-0.1, -0.05) is 36.4 Å². The fraction of sp³-hybridized carbons (Fsp3) is 0.400. The van der Waals surface area contributed by atoms with Crippen molar-refractivity contribution in [1.29, 1.82) is 0 Å². The first kappa shape index (κ1) is 22.4. The lowest BCUT2D eigenvalue weighted by atomic mass is 9.94.